The van der Waals surface area contributed by atoms with Gasteiger partial charge >= 0.3 is 0 Å². The molecule has 0 aliphatic carbocycles. The van der Waals surface area contributed by atoms with Gasteiger partial charge in [-0.3, -0.25) is 19.5 Å². The molecule has 2 amide bonds. The van der Waals surface area contributed by atoms with Crippen molar-refractivity contribution in [3.05, 3.63) is 30.1 Å². The van der Waals surface area contributed by atoms with Gasteiger partial charge in [0.15, 0.2) is 0 Å². The topological polar surface area (TPSA) is 77.6 Å². The number of hydrogen-bond donors (Lipinski definition) is 2. The number of amides is 2. The molecule has 146 valence electrons. The first-order valence-corrected chi connectivity index (χ1v) is 10.2. The Morgan fingerprint density at radius 2 is 2.15 bits per heavy atom. The summed E-state index contributed by atoms with van der Waals surface area (Å²) in [6, 6.07) is 6.36. The van der Waals surface area contributed by atoms with E-state index in [0.29, 0.717) is 19.5 Å². The lowest BCUT2D eigenvalue weighted by Gasteiger charge is -2.37. The maximum Gasteiger partial charge on any atom is 0.237 e. The van der Waals surface area contributed by atoms with Crippen molar-refractivity contribution >= 4 is 11.8 Å². The van der Waals surface area contributed by atoms with E-state index in [1.807, 2.05) is 23.1 Å². The number of hydrogen-bond acceptors (Lipinski definition) is 5. The van der Waals surface area contributed by atoms with Gasteiger partial charge in [-0.05, 0) is 37.8 Å². The predicted molar refractivity (Wildman–Crippen MR) is 102 cm³/mol. The standard InChI is InChI=1S/C20H29N5O2/c26-19(24-9-3-4-10-24)7-6-17-13-23-20(27)18-11-16(14-25(17)18)22-12-15-5-1-2-8-21-15/h1-2,5,8,16-18,22H,3-4,6-7,9-14H2,(H,23,27). The largest absolute Gasteiger partial charge is 0.353 e. The highest BCUT2D eigenvalue weighted by molar-refractivity contribution is 5.83. The van der Waals surface area contributed by atoms with Crippen LogP contribution in [0.3, 0.4) is 0 Å². The second kappa shape index (κ2) is 8.35. The number of nitrogens with zero attached hydrogens (tertiary/aromatic N) is 3. The Morgan fingerprint density at radius 1 is 1.30 bits per heavy atom. The molecule has 1 aromatic rings. The molecule has 0 saturated carbocycles. The Hall–Kier alpha value is -1.99. The summed E-state index contributed by atoms with van der Waals surface area (Å²) in [5, 5.41) is 6.59. The minimum atomic E-state index is -0.0770. The van der Waals surface area contributed by atoms with Gasteiger partial charge in [0.1, 0.15) is 0 Å². The zero-order valence-corrected chi connectivity index (χ0v) is 15.8. The lowest BCUT2D eigenvalue weighted by molar-refractivity contribution is -0.131. The van der Waals surface area contributed by atoms with Gasteiger partial charge in [0, 0.05) is 57.4 Å². The van der Waals surface area contributed by atoms with Gasteiger partial charge in [-0.25, -0.2) is 0 Å². The van der Waals surface area contributed by atoms with Crippen molar-refractivity contribution in [1.29, 1.82) is 0 Å². The van der Waals surface area contributed by atoms with Crippen molar-refractivity contribution < 1.29 is 9.59 Å². The Labute approximate surface area is 160 Å². The Balaban J connectivity index is 1.30. The van der Waals surface area contributed by atoms with Gasteiger partial charge in [-0.2, -0.15) is 0 Å². The van der Waals surface area contributed by atoms with Crippen molar-refractivity contribution in [2.45, 2.75) is 56.8 Å². The molecule has 3 aliphatic rings. The fourth-order valence-electron chi connectivity index (χ4n) is 4.56. The van der Waals surface area contributed by atoms with Crippen molar-refractivity contribution in [1.82, 2.24) is 25.4 Å². The lowest BCUT2D eigenvalue weighted by Crippen LogP contribution is -2.58. The molecule has 4 heterocycles. The lowest BCUT2D eigenvalue weighted by atomic mass is 10.0. The van der Waals surface area contributed by atoms with Crippen LogP contribution in [-0.4, -0.2) is 70.9 Å². The van der Waals surface area contributed by atoms with Crippen molar-refractivity contribution in [3.8, 4) is 0 Å². The van der Waals surface area contributed by atoms with Gasteiger partial charge in [0.2, 0.25) is 11.8 Å². The zero-order valence-electron chi connectivity index (χ0n) is 15.8. The number of pyridine rings is 1. The average molecular weight is 371 g/mol. The maximum absolute atomic E-state index is 12.4. The monoisotopic (exact) mass is 371 g/mol. The van der Waals surface area contributed by atoms with E-state index >= 15 is 0 Å². The van der Waals surface area contributed by atoms with Gasteiger partial charge in [-0.15, -0.1) is 0 Å². The van der Waals surface area contributed by atoms with E-state index in [2.05, 4.69) is 20.5 Å². The first-order chi connectivity index (χ1) is 13.2. The summed E-state index contributed by atoms with van der Waals surface area (Å²) in [5.74, 6) is 0.393. The number of likely N-dealkylation sites (tertiary alicyclic amines) is 1. The quantitative estimate of drug-likeness (QED) is 0.762. The molecule has 1 aromatic heterocycles. The van der Waals surface area contributed by atoms with E-state index in [1.54, 1.807) is 6.20 Å². The summed E-state index contributed by atoms with van der Waals surface area (Å²) >= 11 is 0. The summed E-state index contributed by atoms with van der Waals surface area (Å²) in [5.41, 5.74) is 1.01. The third-order valence-corrected chi connectivity index (χ3v) is 6.07. The second-order valence-electron chi connectivity index (χ2n) is 7.87. The van der Waals surface area contributed by atoms with Crippen LogP contribution in [0.2, 0.25) is 0 Å². The molecule has 0 aromatic carbocycles. The van der Waals surface area contributed by atoms with E-state index < -0.39 is 0 Å². The number of rotatable bonds is 6. The van der Waals surface area contributed by atoms with E-state index in [9.17, 15) is 9.59 Å². The van der Waals surface area contributed by atoms with Crippen LogP contribution in [0, 0.1) is 0 Å². The van der Waals surface area contributed by atoms with Crippen molar-refractivity contribution in [2.75, 3.05) is 26.2 Å². The number of carbonyl (C=O) groups is 2. The fourth-order valence-corrected chi connectivity index (χ4v) is 4.56. The Morgan fingerprint density at radius 3 is 2.93 bits per heavy atom. The van der Waals surface area contributed by atoms with Crippen LogP contribution in [0.15, 0.2) is 24.4 Å². The third kappa shape index (κ3) is 4.30. The summed E-state index contributed by atoms with van der Waals surface area (Å²) in [6.45, 7) is 4.03. The first-order valence-electron chi connectivity index (χ1n) is 10.2. The van der Waals surface area contributed by atoms with Crippen LogP contribution >= 0.6 is 0 Å². The van der Waals surface area contributed by atoms with E-state index in [-0.39, 0.29) is 29.9 Å². The number of nitrogens with one attached hydrogen (secondary N) is 2. The molecule has 27 heavy (non-hydrogen) atoms. The van der Waals surface area contributed by atoms with Crippen LogP contribution in [0.5, 0.6) is 0 Å². The number of carbonyl (C=O) groups excluding carboxylic acids is 2. The minimum Gasteiger partial charge on any atom is -0.353 e. The molecule has 0 bridgehead atoms. The summed E-state index contributed by atoms with van der Waals surface area (Å²) in [7, 11) is 0. The second-order valence-corrected chi connectivity index (χ2v) is 7.87. The number of aromatic nitrogens is 1. The van der Waals surface area contributed by atoms with E-state index in [1.165, 1.54) is 0 Å². The molecule has 7 heteroatoms. The third-order valence-electron chi connectivity index (χ3n) is 6.07. The fraction of sp³-hybridized carbons (Fsp3) is 0.650. The molecule has 3 unspecified atom stereocenters. The van der Waals surface area contributed by atoms with Crippen LogP contribution in [0.1, 0.15) is 37.8 Å². The van der Waals surface area contributed by atoms with E-state index in [4.69, 9.17) is 0 Å². The maximum atomic E-state index is 12.4. The SMILES string of the molecule is O=C1NCC(CCC(=O)N2CCCC2)N2CC(NCc3ccccn3)CC12. The molecular weight excluding hydrogens is 342 g/mol. The van der Waals surface area contributed by atoms with Crippen LogP contribution in [0.4, 0.5) is 0 Å². The summed E-state index contributed by atoms with van der Waals surface area (Å²) in [4.78, 5) is 33.3. The molecule has 3 saturated heterocycles. The molecule has 4 rings (SSSR count). The molecule has 0 radical (unpaired) electrons. The molecular formula is C20H29N5O2. The summed E-state index contributed by atoms with van der Waals surface area (Å²) in [6.07, 6.45) is 6.27. The smallest absolute Gasteiger partial charge is 0.237 e. The molecule has 3 aliphatic heterocycles. The Bertz CT molecular complexity index is 662. The highest BCUT2D eigenvalue weighted by atomic mass is 16.2. The first kappa shape index (κ1) is 18.4. The minimum absolute atomic E-state index is 0.0770. The van der Waals surface area contributed by atoms with Crippen LogP contribution in [0.25, 0.3) is 0 Å². The molecule has 3 atom stereocenters. The van der Waals surface area contributed by atoms with Crippen molar-refractivity contribution in [2.24, 2.45) is 0 Å². The molecule has 0 spiro atoms. The van der Waals surface area contributed by atoms with Gasteiger partial charge in [0.05, 0.1) is 11.7 Å². The number of fused-ring (bicyclic) bond motifs is 1. The molecule has 7 nitrogen and oxygen atoms in total. The highest BCUT2D eigenvalue weighted by Gasteiger charge is 2.43. The van der Waals surface area contributed by atoms with Crippen LogP contribution < -0.4 is 10.6 Å². The Kier molecular flexibility index (Phi) is 5.69. The average Bonchev–Trinajstić information content (AvgIpc) is 3.37. The van der Waals surface area contributed by atoms with E-state index in [0.717, 1.165) is 51.0 Å². The summed E-state index contributed by atoms with van der Waals surface area (Å²) < 4.78 is 0. The van der Waals surface area contributed by atoms with Crippen molar-refractivity contribution in [3.63, 3.8) is 0 Å². The molecule has 2 N–H and O–H groups in total. The highest BCUT2D eigenvalue weighted by Crippen LogP contribution is 2.26. The van der Waals surface area contributed by atoms with Gasteiger partial charge < -0.3 is 15.5 Å². The number of piperazine rings is 1. The van der Waals surface area contributed by atoms with Gasteiger partial charge in [-0.1, -0.05) is 6.07 Å². The molecule has 3 fully saturated rings. The normalized spacial score (nSPS) is 28.2. The predicted octanol–water partition coefficient (Wildman–Crippen LogP) is 0.515. The zero-order chi connectivity index (χ0) is 18.6. The van der Waals surface area contributed by atoms with Gasteiger partial charge in [0.25, 0.3) is 0 Å². The van der Waals surface area contributed by atoms with Crippen LogP contribution in [-0.2, 0) is 16.1 Å².